The Bertz CT molecular complexity index is 644. The van der Waals surface area contributed by atoms with E-state index in [1.54, 1.807) is 6.07 Å². The van der Waals surface area contributed by atoms with E-state index in [9.17, 15) is 13.6 Å². The number of benzene rings is 1. The lowest BCUT2D eigenvalue weighted by molar-refractivity contribution is -0.115. The molecular weight excluding hydrogens is 298 g/mol. The van der Waals surface area contributed by atoms with E-state index in [4.69, 9.17) is 0 Å². The molecule has 0 bridgehead atoms. The maximum Gasteiger partial charge on any atom is 0.387 e. The molecule has 0 fully saturated rings. The Balaban J connectivity index is 2.01. The van der Waals surface area contributed by atoms with Crippen LogP contribution < -0.4 is 10.1 Å². The summed E-state index contributed by atoms with van der Waals surface area (Å²) in [6.45, 7) is 0.840. The quantitative estimate of drug-likeness (QED) is 0.918. The van der Waals surface area contributed by atoms with Gasteiger partial charge in [-0.05, 0) is 26.0 Å². The van der Waals surface area contributed by atoms with Crippen molar-refractivity contribution in [3.8, 4) is 5.75 Å². The second kappa shape index (κ2) is 6.62. The van der Waals surface area contributed by atoms with Crippen LogP contribution in [0.5, 0.6) is 5.75 Å². The lowest BCUT2D eigenvalue weighted by Crippen LogP contribution is -2.14. The summed E-state index contributed by atoms with van der Waals surface area (Å²) in [6.07, 6.45) is 0.206. The van der Waals surface area contributed by atoms with Crippen molar-refractivity contribution in [2.45, 2.75) is 26.9 Å². The van der Waals surface area contributed by atoms with Crippen molar-refractivity contribution in [3.05, 3.63) is 39.8 Å². The minimum absolute atomic E-state index is 0.00705. The first kappa shape index (κ1) is 15.4. The van der Waals surface area contributed by atoms with Gasteiger partial charge < -0.3 is 10.1 Å². The first-order chi connectivity index (χ1) is 9.94. The number of carbonyl (C=O) groups is 1. The SMILES string of the molecule is Cc1nc(C)c(CC(=O)Nc2cccc(OC(F)F)c2)s1. The van der Waals surface area contributed by atoms with Gasteiger partial charge in [-0.25, -0.2) is 4.98 Å². The zero-order valence-electron chi connectivity index (χ0n) is 11.5. The van der Waals surface area contributed by atoms with Crippen molar-refractivity contribution in [2.75, 3.05) is 5.32 Å². The lowest BCUT2D eigenvalue weighted by Gasteiger charge is -2.08. The molecule has 2 aromatic rings. The summed E-state index contributed by atoms with van der Waals surface area (Å²) in [5, 5.41) is 3.56. The summed E-state index contributed by atoms with van der Waals surface area (Å²) in [6, 6.07) is 5.91. The Labute approximate surface area is 124 Å². The monoisotopic (exact) mass is 312 g/mol. The minimum Gasteiger partial charge on any atom is -0.435 e. The number of ether oxygens (including phenoxy) is 1. The second-order valence-electron chi connectivity index (χ2n) is 4.37. The molecule has 7 heteroatoms. The first-order valence-corrected chi connectivity index (χ1v) is 7.03. The molecule has 1 N–H and O–H groups in total. The highest BCUT2D eigenvalue weighted by atomic mass is 32.1. The number of nitrogens with zero attached hydrogens (tertiary/aromatic N) is 1. The Kier molecular flexibility index (Phi) is 4.85. The number of nitrogens with one attached hydrogen (secondary N) is 1. The highest BCUT2D eigenvalue weighted by Crippen LogP contribution is 2.21. The fraction of sp³-hybridized carbons (Fsp3) is 0.286. The van der Waals surface area contributed by atoms with Crippen molar-refractivity contribution in [1.82, 2.24) is 4.98 Å². The molecule has 112 valence electrons. The lowest BCUT2D eigenvalue weighted by atomic mass is 10.2. The van der Waals surface area contributed by atoms with Crippen LogP contribution in [0.4, 0.5) is 14.5 Å². The number of rotatable bonds is 5. The predicted molar refractivity (Wildman–Crippen MR) is 77.0 cm³/mol. The number of anilines is 1. The average molecular weight is 312 g/mol. The predicted octanol–water partition coefficient (Wildman–Crippen LogP) is 3.54. The van der Waals surface area contributed by atoms with Crippen LogP contribution in [0.15, 0.2) is 24.3 Å². The van der Waals surface area contributed by atoms with E-state index in [-0.39, 0.29) is 18.1 Å². The number of halogens is 2. The van der Waals surface area contributed by atoms with Gasteiger partial charge in [-0.15, -0.1) is 11.3 Å². The fourth-order valence-corrected chi connectivity index (χ4v) is 2.77. The standard InChI is InChI=1S/C14H14F2N2O2S/c1-8-12(21-9(2)17-8)7-13(19)18-10-4-3-5-11(6-10)20-14(15)16/h3-6,14H,7H2,1-2H3,(H,18,19). The van der Waals surface area contributed by atoms with Crippen molar-refractivity contribution >= 4 is 22.9 Å². The van der Waals surface area contributed by atoms with Gasteiger partial charge in [-0.1, -0.05) is 6.07 Å². The second-order valence-corrected chi connectivity index (χ2v) is 5.66. The highest BCUT2D eigenvalue weighted by molar-refractivity contribution is 7.11. The van der Waals surface area contributed by atoms with Crippen LogP contribution >= 0.6 is 11.3 Å². The number of hydrogen-bond acceptors (Lipinski definition) is 4. The van der Waals surface area contributed by atoms with Crippen molar-refractivity contribution in [3.63, 3.8) is 0 Å². The third kappa shape index (κ3) is 4.49. The summed E-state index contributed by atoms with van der Waals surface area (Å²) in [5.41, 5.74) is 1.25. The number of amides is 1. The number of aromatic nitrogens is 1. The average Bonchev–Trinajstić information content (AvgIpc) is 2.67. The molecule has 0 saturated carbocycles. The van der Waals surface area contributed by atoms with E-state index < -0.39 is 6.61 Å². The summed E-state index contributed by atoms with van der Waals surface area (Å²) >= 11 is 1.47. The Morgan fingerprint density at radius 2 is 2.19 bits per heavy atom. The maximum atomic E-state index is 12.1. The Hall–Kier alpha value is -2.02. The molecule has 0 radical (unpaired) electrons. The topological polar surface area (TPSA) is 51.2 Å². The molecule has 21 heavy (non-hydrogen) atoms. The largest absolute Gasteiger partial charge is 0.435 e. The van der Waals surface area contributed by atoms with Gasteiger partial charge in [-0.2, -0.15) is 8.78 Å². The van der Waals surface area contributed by atoms with Gasteiger partial charge >= 0.3 is 6.61 Å². The zero-order chi connectivity index (χ0) is 15.4. The minimum atomic E-state index is -2.89. The molecule has 1 aromatic carbocycles. The number of aryl methyl sites for hydroxylation is 2. The third-order valence-electron chi connectivity index (χ3n) is 2.66. The normalized spacial score (nSPS) is 10.7. The molecule has 0 aliphatic carbocycles. The van der Waals surface area contributed by atoms with Crippen molar-refractivity contribution < 1.29 is 18.3 Å². The van der Waals surface area contributed by atoms with Crippen molar-refractivity contribution in [2.24, 2.45) is 0 Å². The molecule has 0 unspecified atom stereocenters. The Morgan fingerprint density at radius 3 is 2.81 bits per heavy atom. The van der Waals surface area contributed by atoms with Crippen LogP contribution in [-0.2, 0) is 11.2 Å². The molecular formula is C14H14F2N2O2S. The van der Waals surface area contributed by atoms with E-state index in [0.29, 0.717) is 5.69 Å². The van der Waals surface area contributed by atoms with E-state index in [1.165, 1.54) is 29.5 Å². The molecule has 0 aliphatic rings. The van der Waals surface area contributed by atoms with Gasteiger partial charge in [0.1, 0.15) is 5.75 Å². The van der Waals surface area contributed by atoms with Gasteiger partial charge in [-0.3, -0.25) is 4.79 Å². The number of carbonyl (C=O) groups excluding carboxylic acids is 1. The highest BCUT2D eigenvalue weighted by Gasteiger charge is 2.11. The molecule has 0 atom stereocenters. The molecule has 1 heterocycles. The molecule has 0 aliphatic heterocycles. The molecule has 0 saturated heterocycles. The van der Waals surface area contributed by atoms with Gasteiger partial charge in [0.25, 0.3) is 0 Å². The van der Waals surface area contributed by atoms with Crippen LogP contribution in [-0.4, -0.2) is 17.5 Å². The van der Waals surface area contributed by atoms with Gasteiger partial charge in [0.05, 0.1) is 17.1 Å². The van der Waals surface area contributed by atoms with Crippen LogP contribution in [0.2, 0.25) is 0 Å². The zero-order valence-corrected chi connectivity index (χ0v) is 12.3. The molecule has 4 nitrogen and oxygen atoms in total. The van der Waals surface area contributed by atoms with Crippen LogP contribution in [0.1, 0.15) is 15.6 Å². The molecule has 2 rings (SSSR count). The summed E-state index contributed by atoms with van der Waals surface area (Å²) in [5.74, 6) is -0.219. The molecule has 1 amide bonds. The molecule has 0 spiro atoms. The Morgan fingerprint density at radius 1 is 1.43 bits per heavy atom. The number of alkyl halides is 2. The van der Waals surface area contributed by atoms with Gasteiger partial charge in [0, 0.05) is 16.6 Å². The van der Waals surface area contributed by atoms with Crippen molar-refractivity contribution in [1.29, 1.82) is 0 Å². The van der Waals surface area contributed by atoms with Crippen LogP contribution in [0, 0.1) is 13.8 Å². The van der Waals surface area contributed by atoms with E-state index >= 15 is 0 Å². The number of hydrogen-bond donors (Lipinski definition) is 1. The summed E-state index contributed by atoms with van der Waals surface area (Å²) in [4.78, 5) is 17.1. The first-order valence-electron chi connectivity index (χ1n) is 6.21. The summed E-state index contributed by atoms with van der Waals surface area (Å²) < 4.78 is 28.6. The van der Waals surface area contributed by atoms with Gasteiger partial charge in [0.2, 0.25) is 5.91 Å². The van der Waals surface area contributed by atoms with Crippen LogP contribution in [0.3, 0.4) is 0 Å². The fourth-order valence-electron chi connectivity index (χ4n) is 1.84. The van der Waals surface area contributed by atoms with E-state index in [2.05, 4.69) is 15.0 Å². The van der Waals surface area contributed by atoms with E-state index in [0.717, 1.165) is 15.6 Å². The maximum absolute atomic E-state index is 12.1. The van der Waals surface area contributed by atoms with E-state index in [1.807, 2.05) is 13.8 Å². The third-order valence-corrected chi connectivity index (χ3v) is 3.74. The molecule has 1 aromatic heterocycles. The summed E-state index contributed by atoms with van der Waals surface area (Å²) in [7, 11) is 0. The number of thiazole rings is 1. The van der Waals surface area contributed by atoms with Gasteiger partial charge in [0.15, 0.2) is 0 Å². The van der Waals surface area contributed by atoms with Crippen LogP contribution in [0.25, 0.3) is 0 Å². The smallest absolute Gasteiger partial charge is 0.387 e.